The van der Waals surface area contributed by atoms with Crippen molar-refractivity contribution in [3.8, 4) is 0 Å². The van der Waals surface area contributed by atoms with Crippen LogP contribution in [0.1, 0.15) is 13.8 Å². The van der Waals surface area contributed by atoms with E-state index in [1.165, 1.54) is 14.0 Å². The van der Waals surface area contributed by atoms with Gasteiger partial charge in [0, 0.05) is 0 Å². The van der Waals surface area contributed by atoms with E-state index >= 15 is 0 Å². The van der Waals surface area contributed by atoms with Crippen LogP contribution in [0.5, 0.6) is 0 Å². The molecule has 5 nitrogen and oxygen atoms in total. The van der Waals surface area contributed by atoms with Crippen LogP contribution in [0.15, 0.2) is 5.16 Å². The summed E-state index contributed by atoms with van der Waals surface area (Å²) in [6.07, 6.45) is -0.982. The summed E-state index contributed by atoms with van der Waals surface area (Å²) in [6, 6.07) is 0. The summed E-state index contributed by atoms with van der Waals surface area (Å²) >= 11 is 0. The van der Waals surface area contributed by atoms with Gasteiger partial charge in [-0.2, -0.15) is 0 Å². The molecule has 0 aromatic heterocycles. The van der Waals surface area contributed by atoms with Gasteiger partial charge in [-0.1, -0.05) is 5.16 Å². The van der Waals surface area contributed by atoms with E-state index in [4.69, 9.17) is 5.11 Å². The molecule has 70 valence electrons. The van der Waals surface area contributed by atoms with Crippen LogP contribution in [0.2, 0.25) is 0 Å². The summed E-state index contributed by atoms with van der Waals surface area (Å²) in [5.74, 6) is -0.658. The fourth-order valence-electron chi connectivity index (χ4n) is 0.587. The highest BCUT2D eigenvalue weighted by Crippen LogP contribution is 1.92. The second kappa shape index (κ2) is 5.54. The number of hydrogen-bond donors (Lipinski definition) is 1. The Hall–Kier alpha value is -1.10. The van der Waals surface area contributed by atoms with E-state index in [0.29, 0.717) is 0 Å². The molecule has 0 aliphatic carbocycles. The number of oxime groups is 1. The van der Waals surface area contributed by atoms with Crippen LogP contribution in [0.4, 0.5) is 0 Å². The van der Waals surface area contributed by atoms with Gasteiger partial charge in [0.05, 0.1) is 6.61 Å². The van der Waals surface area contributed by atoms with Crippen molar-refractivity contribution in [2.24, 2.45) is 5.16 Å². The number of hydrogen-bond acceptors (Lipinski definition) is 5. The number of esters is 1. The molecule has 0 aliphatic rings. The van der Waals surface area contributed by atoms with Gasteiger partial charge < -0.3 is 14.7 Å². The maximum absolute atomic E-state index is 11.0. The molecule has 0 rings (SSSR count). The second-order valence-corrected chi connectivity index (χ2v) is 2.06. The van der Waals surface area contributed by atoms with E-state index in [2.05, 4.69) is 14.7 Å². The Morgan fingerprint density at radius 3 is 2.58 bits per heavy atom. The predicted octanol–water partition coefficient (Wildman–Crippen LogP) is -0.0673. The first kappa shape index (κ1) is 10.9. The summed E-state index contributed by atoms with van der Waals surface area (Å²) in [4.78, 5) is 15.3. The molecule has 0 aliphatic heterocycles. The van der Waals surface area contributed by atoms with Crippen molar-refractivity contribution in [3.63, 3.8) is 0 Å². The molecule has 0 heterocycles. The van der Waals surface area contributed by atoms with Gasteiger partial charge in [0.1, 0.15) is 13.2 Å². The van der Waals surface area contributed by atoms with Crippen molar-refractivity contribution in [1.29, 1.82) is 0 Å². The second-order valence-electron chi connectivity index (χ2n) is 2.06. The number of rotatable bonds is 4. The van der Waals surface area contributed by atoms with Crippen molar-refractivity contribution in [2.75, 3.05) is 13.7 Å². The molecule has 0 bridgehead atoms. The highest BCUT2D eigenvalue weighted by Gasteiger charge is 2.18. The highest BCUT2D eigenvalue weighted by atomic mass is 16.6. The third kappa shape index (κ3) is 3.34. The monoisotopic (exact) mass is 175 g/mol. The number of aliphatic hydroxyl groups is 1. The van der Waals surface area contributed by atoms with Crippen molar-refractivity contribution in [1.82, 2.24) is 0 Å². The minimum Gasteiger partial charge on any atom is -0.461 e. The molecule has 12 heavy (non-hydrogen) atoms. The summed E-state index contributed by atoms with van der Waals surface area (Å²) in [5, 5.41) is 12.4. The lowest BCUT2D eigenvalue weighted by atomic mass is 10.2. The molecule has 0 spiro atoms. The van der Waals surface area contributed by atoms with E-state index in [9.17, 15) is 4.79 Å². The van der Waals surface area contributed by atoms with Crippen LogP contribution in [-0.4, -0.2) is 36.6 Å². The van der Waals surface area contributed by atoms with Crippen LogP contribution < -0.4 is 0 Å². The van der Waals surface area contributed by atoms with Gasteiger partial charge in [0.15, 0.2) is 5.71 Å². The molecule has 0 saturated carbocycles. The maximum Gasteiger partial charge on any atom is 0.358 e. The van der Waals surface area contributed by atoms with Crippen molar-refractivity contribution >= 4 is 11.7 Å². The van der Waals surface area contributed by atoms with Gasteiger partial charge in [-0.3, -0.25) is 0 Å². The number of nitrogens with zero attached hydrogens (tertiary/aromatic N) is 1. The average Bonchev–Trinajstić information content (AvgIpc) is 1.99. The molecule has 0 aromatic rings. The third-order valence-corrected chi connectivity index (χ3v) is 1.07. The lowest BCUT2D eigenvalue weighted by Crippen LogP contribution is -2.28. The lowest BCUT2D eigenvalue weighted by Gasteiger charge is -2.06. The minimum absolute atomic E-state index is 0.126. The van der Waals surface area contributed by atoms with Crippen molar-refractivity contribution < 1.29 is 19.5 Å². The summed E-state index contributed by atoms with van der Waals surface area (Å²) in [7, 11) is 1.29. The maximum atomic E-state index is 11.0. The van der Waals surface area contributed by atoms with Crippen LogP contribution >= 0.6 is 0 Å². The standard InChI is InChI=1S/C7H13NO4/c1-4-12-7(10)6(5(2)9)8-11-3/h5,9H,4H2,1-3H3. The summed E-state index contributed by atoms with van der Waals surface area (Å²) in [6.45, 7) is 3.33. The molecule has 0 aromatic carbocycles. The molecule has 0 radical (unpaired) electrons. The first-order valence-electron chi connectivity index (χ1n) is 3.59. The average molecular weight is 175 g/mol. The molecule has 0 fully saturated rings. The van der Waals surface area contributed by atoms with E-state index < -0.39 is 12.1 Å². The highest BCUT2D eigenvalue weighted by molar-refractivity contribution is 6.37. The Morgan fingerprint density at radius 2 is 2.25 bits per heavy atom. The first-order chi connectivity index (χ1) is 5.63. The van der Waals surface area contributed by atoms with Gasteiger partial charge in [0.25, 0.3) is 0 Å². The van der Waals surface area contributed by atoms with Gasteiger partial charge in [-0.25, -0.2) is 4.79 Å². The predicted molar refractivity (Wildman–Crippen MR) is 42.8 cm³/mol. The number of ether oxygens (including phenoxy) is 1. The lowest BCUT2D eigenvalue weighted by molar-refractivity contribution is -0.135. The molecule has 5 heteroatoms. The number of carbonyl (C=O) groups excluding carboxylic acids is 1. The molecule has 1 unspecified atom stereocenters. The fourth-order valence-corrected chi connectivity index (χ4v) is 0.587. The Kier molecular flexibility index (Phi) is 5.03. The van der Waals surface area contributed by atoms with Crippen LogP contribution in [0.3, 0.4) is 0 Å². The van der Waals surface area contributed by atoms with E-state index in [-0.39, 0.29) is 12.3 Å². The zero-order chi connectivity index (χ0) is 9.56. The first-order valence-corrected chi connectivity index (χ1v) is 3.59. The molecule has 1 N–H and O–H groups in total. The fraction of sp³-hybridized carbons (Fsp3) is 0.714. The molecular formula is C7H13NO4. The van der Waals surface area contributed by atoms with Gasteiger partial charge in [0.2, 0.25) is 0 Å². The number of aliphatic hydroxyl groups excluding tert-OH is 1. The van der Waals surface area contributed by atoms with Gasteiger partial charge >= 0.3 is 5.97 Å². The smallest absolute Gasteiger partial charge is 0.358 e. The Balaban J connectivity index is 4.30. The van der Waals surface area contributed by atoms with E-state index in [0.717, 1.165) is 0 Å². The zero-order valence-corrected chi connectivity index (χ0v) is 7.40. The van der Waals surface area contributed by atoms with Gasteiger partial charge in [-0.15, -0.1) is 0 Å². The van der Waals surface area contributed by atoms with Gasteiger partial charge in [-0.05, 0) is 13.8 Å². The molecule has 1 atom stereocenters. The minimum atomic E-state index is -0.982. The van der Waals surface area contributed by atoms with E-state index in [1.807, 2.05) is 0 Å². The Labute approximate surface area is 71.0 Å². The Morgan fingerprint density at radius 1 is 1.67 bits per heavy atom. The van der Waals surface area contributed by atoms with Crippen LogP contribution in [0, 0.1) is 0 Å². The van der Waals surface area contributed by atoms with E-state index in [1.54, 1.807) is 6.92 Å². The van der Waals surface area contributed by atoms with Crippen LogP contribution in [0.25, 0.3) is 0 Å². The zero-order valence-electron chi connectivity index (χ0n) is 7.40. The normalized spacial score (nSPS) is 13.8. The third-order valence-electron chi connectivity index (χ3n) is 1.07. The quantitative estimate of drug-likeness (QED) is 0.369. The summed E-state index contributed by atoms with van der Waals surface area (Å²) < 4.78 is 4.61. The van der Waals surface area contributed by atoms with Crippen molar-refractivity contribution in [2.45, 2.75) is 20.0 Å². The molecular weight excluding hydrogens is 162 g/mol. The van der Waals surface area contributed by atoms with Crippen LogP contribution in [-0.2, 0) is 14.4 Å². The number of carbonyl (C=O) groups is 1. The Bertz CT molecular complexity index is 176. The topological polar surface area (TPSA) is 68.1 Å². The molecule has 0 amide bonds. The molecule has 0 saturated heterocycles. The largest absolute Gasteiger partial charge is 0.461 e. The summed E-state index contributed by atoms with van der Waals surface area (Å²) in [5.41, 5.74) is -0.126. The van der Waals surface area contributed by atoms with Crippen molar-refractivity contribution in [3.05, 3.63) is 0 Å². The SMILES string of the molecule is CCOC(=O)C(=NOC)C(C)O.